The van der Waals surface area contributed by atoms with Gasteiger partial charge in [0.1, 0.15) is 11.5 Å². The summed E-state index contributed by atoms with van der Waals surface area (Å²) in [5, 5.41) is 4.06. The molecule has 2 aromatic carbocycles. The molecule has 1 atom stereocenters. The van der Waals surface area contributed by atoms with Gasteiger partial charge in [0.25, 0.3) is 0 Å². The predicted molar refractivity (Wildman–Crippen MR) is 92.4 cm³/mol. The van der Waals surface area contributed by atoms with Crippen molar-refractivity contribution in [2.75, 3.05) is 6.54 Å². The van der Waals surface area contributed by atoms with Crippen LogP contribution in [0.2, 0.25) is 5.02 Å². The quantitative estimate of drug-likeness (QED) is 0.679. The fraction of sp³-hybridized carbons (Fsp3) is 0.294. The van der Waals surface area contributed by atoms with E-state index in [0.29, 0.717) is 16.8 Å². The smallest absolute Gasteiger partial charge is 0.147 e. The summed E-state index contributed by atoms with van der Waals surface area (Å²) in [7, 11) is 0. The van der Waals surface area contributed by atoms with Crippen LogP contribution in [0.3, 0.4) is 0 Å². The Labute approximate surface area is 139 Å². The molecule has 0 aliphatic carbocycles. The number of halogens is 2. The molecule has 112 valence electrons. The van der Waals surface area contributed by atoms with E-state index < -0.39 is 0 Å². The topological polar surface area (TPSA) is 21.3 Å². The summed E-state index contributed by atoms with van der Waals surface area (Å²) >= 11 is 9.55. The van der Waals surface area contributed by atoms with Crippen LogP contribution in [0.4, 0.5) is 0 Å². The molecule has 0 heterocycles. The molecule has 2 rings (SSSR count). The van der Waals surface area contributed by atoms with Crippen molar-refractivity contribution in [2.45, 2.75) is 26.3 Å². The Kier molecular flexibility index (Phi) is 6.09. The minimum atomic E-state index is 0.341. The molecule has 0 saturated carbocycles. The van der Waals surface area contributed by atoms with Crippen molar-refractivity contribution in [2.24, 2.45) is 0 Å². The Balaban J connectivity index is 2.07. The van der Waals surface area contributed by atoms with Gasteiger partial charge < -0.3 is 10.1 Å². The average molecular weight is 369 g/mol. The van der Waals surface area contributed by atoms with E-state index in [0.717, 1.165) is 23.2 Å². The number of ether oxygens (including phenoxy) is 1. The predicted octanol–water partition coefficient (Wildman–Crippen LogP) is 5.96. The molecule has 2 aromatic rings. The molecule has 0 saturated heterocycles. The zero-order valence-electron chi connectivity index (χ0n) is 12.2. The highest BCUT2D eigenvalue weighted by atomic mass is 79.9. The third-order valence-electron chi connectivity index (χ3n) is 3.20. The van der Waals surface area contributed by atoms with Gasteiger partial charge in [-0.15, -0.1) is 0 Å². The lowest BCUT2D eigenvalue weighted by atomic mass is 10.1. The van der Waals surface area contributed by atoms with Crippen LogP contribution in [-0.4, -0.2) is 6.54 Å². The van der Waals surface area contributed by atoms with Gasteiger partial charge in [-0.2, -0.15) is 0 Å². The second-order valence-corrected chi connectivity index (χ2v) is 6.24. The summed E-state index contributed by atoms with van der Waals surface area (Å²) in [6, 6.07) is 14.0. The molecule has 0 aliphatic heterocycles. The van der Waals surface area contributed by atoms with Crippen LogP contribution in [0.5, 0.6) is 11.5 Å². The Hall–Kier alpha value is -1.03. The van der Waals surface area contributed by atoms with E-state index in [-0.39, 0.29) is 0 Å². The number of benzene rings is 2. The van der Waals surface area contributed by atoms with E-state index in [2.05, 4.69) is 47.2 Å². The van der Waals surface area contributed by atoms with Crippen molar-refractivity contribution in [1.29, 1.82) is 0 Å². The molecule has 0 amide bonds. The largest absolute Gasteiger partial charge is 0.456 e. The first-order chi connectivity index (χ1) is 10.1. The van der Waals surface area contributed by atoms with Gasteiger partial charge in [0.05, 0.1) is 5.02 Å². The van der Waals surface area contributed by atoms with Gasteiger partial charge in [-0.3, -0.25) is 0 Å². The molecular weight excluding hydrogens is 350 g/mol. The highest BCUT2D eigenvalue weighted by Gasteiger charge is 2.06. The van der Waals surface area contributed by atoms with E-state index in [1.54, 1.807) is 0 Å². The maximum atomic E-state index is 6.13. The summed E-state index contributed by atoms with van der Waals surface area (Å²) in [5.74, 6) is 1.43. The van der Waals surface area contributed by atoms with Gasteiger partial charge in [0.15, 0.2) is 0 Å². The number of hydrogen-bond acceptors (Lipinski definition) is 2. The van der Waals surface area contributed by atoms with Gasteiger partial charge in [0, 0.05) is 10.5 Å². The molecule has 1 N–H and O–H groups in total. The van der Waals surface area contributed by atoms with Crippen LogP contribution < -0.4 is 10.1 Å². The van der Waals surface area contributed by atoms with Gasteiger partial charge in [-0.1, -0.05) is 46.6 Å². The summed E-state index contributed by atoms with van der Waals surface area (Å²) in [6.45, 7) is 5.35. The third-order valence-corrected chi connectivity index (χ3v) is 4.01. The van der Waals surface area contributed by atoms with Crippen molar-refractivity contribution < 1.29 is 4.74 Å². The SMILES string of the molecule is CCCNC(C)c1ccc(Oc2cc(Br)ccc2Cl)cc1. The minimum absolute atomic E-state index is 0.341. The van der Waals surface area contributed by atoms with Crippen LogP contribution in [0.25, 0.3) is 0 Å². The van der Waals surface area contributed by atoms with Crippen LogP contribution in [-0.2, 0) is 0 Å². The van der Waals surface area contributed by atoms with Gasteiger partial charge in [-0.25, -0.2) is 0 Å². The summed E-state index contributed by atoms with van der Waals surface area (Å²) < 4.78 is 6.76. The van der Waals surface area contributed by atoms with E-state index >= 15 is 0 Å². The Morgan fingerprint density at radius 2 is 1.90 bits per heavy atom. The van der Waals surface area contributed by atoms with E-state index in [1.807, 2.05) is 30.3 Å². The van der Waals surface area contributed by atoms with E-state index in [9.17, 15) is 0 Å². The van der Waals surface area contributed by atoms with E-state index in [4.69, 9.17) is 16.3 Å². The molecular formula is C17H19BrClNO. The highest BCUT2D eigenvalue weighted by molar-refractivity contribution is 9.10. The molecule has 21 heavy (non-hydrogen) atoms. The molecule has 0 bridgehead atoms. The lowest BCUT2D eigenvalue weighted by Gasteiger charge is -2.14. The van der Waals surface area contributed by atoms with Crippen molar-refractivity contribution in [3.8, 4) is 11.5 Å². The number of hydrogen-bond donors (Lipinski definition) is 1. The molecule has 0 radical (unpaired) electrons. The normalized spacial score (nSPS) is 12.2. The van der Waals surface area contributed by atoms with Gasteiger partial charge in [0.2, 0.25) is 0 Å². The maximum absolute atomic E-state index is 6.13. The second-order valence-electron chi connectivity index (χ2n) is 4.92. The number of rotatable bonds is 6. The Morgan fingerprint density at radius 3 is 2.57 bits per heavy atom. The third kappa shape index (κ3) is 4.73. The fourth-order valence-corrected chi connectivity index (χ4v) is 2.48. The molecule has 0 aliphatic rings. The summed E-state index contributed by atoms with van der Waals surface area (Å²) in [5.41, 5.74) is 1.25. The average Bonchev–Trinajstić information content (AvgIpc) is 2.49. The first-order valence-corrected chi connectivity index (χ1v) is 8.23. The zero-order chi connectivity index (χ0) is 15.2. The van der Waals surface area contributed by atoms with Gasteiger partial charge in [-0.05, 0) is 55.8 Å². The summed E-state index contributed by atoms with van der Waals surface area (Å²) in [4.78, 5) is 0. The highest BCUT2D eigenvalue weighted by Crippen LogP contribution is 2.32. The molecule has 2 nitrogen and oxygen atoms in total. The molecule has 1 unspecified atom stereocenters. The number of nitrogens with one attached hydrogen (secondary N) is 1. The lowest BCUT2D eigenvalue weighted by Crippen LogP contribution is -2.19. The molecule has 0 spiro atoms. The second kappa shape index (κ2) is 7.83. The standard InChI is InChI=1S/C17H19BrClNO/c1-3-10-20-12(2)13-4-7-15(8-5-13)21-17-11-14(18)6-9-16(17)19/h4-9,11-12,20H,3,10H2,1-2H3. The Bertz CT molecular complexity index is 586. The van der Waals surface area contributed by atoms with Crippen molar-refractivity contribution in [1.82, 2.24) is 5.32 Å². The molecule has 4 heteroatoms. The van der Waals surface area contributed by atoms with Crippen LogP contribution >= 0.6 is 27.5 Å². The first-order valence-electron chi connectivity index (χ1n) is 7.06. The Morgan fingerprint density at radius 1 is 1.19 bits per heavy atom. The fourth-order valence-electron chi connectivity index (χ4n) is 1.99. The van der Waals surface area contributed by atoms with Crippen molar-refractivity contribution in [3.63, 3.8) is 0 Å². The minimum Gasteiger partial charge on any atom is -0.456 e. The zero-order valence-corrected chi connectivity index (χ0v) is 14.5. The monoisotopic (exact) mass is 367 g/mol. The lowest BCUT2D eigenvalue weighted by molar-refractivity contribution is 0.481. The van der Waals surface area contributed by atoms with E-state index in [1.165, 1.54) is 5.56 Å². The maximum Gasteiger partial charge on any atom is 0.147 e. The van der Waals surface area contributed by atoms with Crippen LogP contribution in [0, 0.1) is 0 Å². The van der Waals surface area contributed by atoms with Crippen molar-refractivity contribution >= 4 is 27.5 Å². The van der Waals surface area contributed by atoms with Gasteiger partial charge >= 0.3 is 0 Å². The van der Waals surface area contributed by atoms with Crippen LogP contribution in [0.15, 0.2) is 46.9 Å². The first kappa shape index (κ1) is 16.3. The van der Waals surface area contributed by atoms with Crippen molar-refractivity contribution in [3.05, 3.63) is 57.5 Å². The molecule has 0 fully saturated rings. The summed E-state index contributed by atoms with van der Waals surface area (Å²) in [6.07, 6.45) is 1.13. The molecule has 0 aromatic heterocycles. The van der Waals surface area contributed by atoms with Crippen LogP contribution in [0.1, 0.15) is 31.9 Å².